The number of methoxy groups -OCH3 is 1. The van der Waals surface area contributed by atoms with Crippen LogP contribution in [0.25, 0.3) is 0 Å². The van der Waals surface area contributed by atoms with Crippen molar-refractivity contribution in [2.45, 2.75) is 24.3 Å². The number of sulfonamides is 1. The second-order valence-corrected chi connectivity index (χ2v) is 8.01. The summed E-state index contributed by atoms with van der Waals surface area (Å²) < 4.78 is 33.8. The van der Waals surface area contributed by atoms with Gasteiger partial charge in [0.2, 0.25) is 10.0 Å². The summed E-state index contributed by atoms with van der Waals surface area (Å²) in [6, 6.07) is 13.9. The summed E-state index contributed by atoms with van der Waals surface area (Å²) in [6.07, 6.45) is 0. The fourth-order valence-electron chi connectivity index (χ4n) is 2.08. The molecule has 0 aliphatic carbocycles. The minimum absolute atomic E-state index is 0.207. The fraction of sp³-hybridized carbons (Fsp3) is 0.250. The maximum absolute atomic E-state index is 12.5. The van der Waals surface area contributed by atoms with Gasteiger partial charge in [-0.3, -0.25) is 0 Å². The van der Waals surface area contributed by atoms with E-state index in [-0.39, 0.29) is 4.90 Å². The summed E-state index contributed by atoms with van der Waals surface area (Å²) in [7, 11) is -2.08. The number of nitrogens with one attached hydrogen (secondary N) is 1. The molecule has 0 atom stereocenters. The lowest BCUT2D eigenvalue weighted by Gasteiger charge is -2.26. The summed E-state index contributed by atoms with van der Waals surface area (Å²) >= 11 is 3.37. The Labute approximate surface area is 139 Å². The molecule has 6 heteroatoms. The van der Waals surface area contributed by atoms with Gasteiger partial charge in [0.1, 0.15) is 5.75 Å². The van der Waals surface area contributed by atoms with Gasteiger partial charge >= 0.3 is 0 Å². The van der Waals surface area contributed by atoms with Gasteiger partial charge < -0.3 is 4.74 Å². The molecule has 4 nitrogen and oxygen atoms in total. The van der Waals surface area contributed by atoms with Crippen LogP contribution in [-0.2, 0) is 15.6 Å². The highest BCUT2D eigenvalue weighted by Gasteiger charge is 2.27. The predicted molar refractivity (Wildman–Crippen MR) is 90.5 cm³/mol. The molecule has 0 amide bonds. The van der Waals surface area contributed by atoms with Gasteiger partial charge in [0.05, 0.1) is 17.5 Å². The summed E-state index contributed by atoms with van der Waals surface area (Å²) in [4.78, 5) is 0.207. The van der Waals surface area contributed by atoms with Crippen LogP contribution in [0.1, 0.15) is 19.4 Å². The lowest BCUT2D eigenvalue weighted by atomic mass is 9.96. The van der Waals surface area contributed by atoms with E-state index < -0.39 is 15.6 Å². The molecular formula is C16H18BrNO3S. The molecular weight excluding hydrogens is 366 g/mol. The van der Waals surface area contributed by atoms with E-state index in [0.717, 1.165) is 10.0 Å². The molecule has 0 radical (unpaired) electrons. The Morgan fingerprint density at radius 2 is 1.55 bits per heavy atom. The van der Waals surface area contributed by atoms with Gasteiger partial charge in [-0.05, 0) is 55.8 Å². The fourth-order valence-corrected chi connectivity index (χ4v) is 3.74. The Morgan fingerprint density at radius 3 is 2.05 bits per heavy atom. The summed E-state index contributed by atoms with van der Waals surface area (Å²) in [5.41, 5.74) is 0.159. The second kappa shape index (κ2) is 6.40. The SMILES string of the molecule is COc1ccc(S(=O)(=O)NC(C)(C)c2ccc(Br)cc2)cc1. The number of hydrogen-bond donors (Lipinski definition) is 1. The number of benzene rings is 2. The number of hydrogen-bond acceptors (Lipinski definition) is 3. The average Bonchev–Trinajstić information content (AvgIpc) is 2.46. The van der Waals surface area contributed by atoms with Crippen LogP contribution in [0.4, 0.5) is 0 Å². The highest BCUT2D eigenvalue weighted by Crippen LogP contribution is 2.25. The third-order valence-corrected chi connectivity index (χ3v) is 5.53. The van der Waals surface area contributed by atoms with Crippen molar-refractivity contribution in [1.82, 2.24) is 4.72 Å². The largest absolute Gasteiger partial charge is 0.497 e. The van der Waals surface area contributed by atoms with Crippen molar-refractivity contribution < 1.29 is 13.2 Å². The molecule has 2 aromatic rings. The van der Waals surface area contributed by atoms with Crippen LogP contribution >= 0.6 is 15.9 Å². The van der Waals surface area contributed by atoms with E-state index in [9.17, 15) is 8.42 Å². The quantitative estimate of drug-likeness (QED) is 0.856. The molecule has 0 saturated heterocycles. The summed E-state index contributed by atoms with van der Waals surface area (Å²) in [5, 5.41) is 0. The highest BCUT2D eigenvalue weighted by atomic mass is 79.9. The van der Waals surface area contributed by atoms with Crippen LogP contribution in [0.5, 0.6) is 5.75 Å². The van der Waals surface area contributed by atoms with Gasteiger partial charge in [0.25, 0.3) is 0 Å². The second-order valence-electron chi connectivity index (χ2n) is 5.41. The van der Waals surface area contributed by atoms with Crippen molar-refractivity contribution in [2.75, 3.05) is 7.11 Å². The van der Waals surface area contributed by atoms with Gasteiger partial charge in [-0.25, -0.2) is 13.1 Å². The molecule has 0 bridgehead atoms. The Bertz CT molecular complexity index is 738. The van der Waals surface area contributed by atoms with E-state index in [0.29, 0.717) is 5.75 Å². The number of halogens is 1. The maximum atomic E-state index is 12.5. The minimum Gasteiger partial charge on any atom is -0.497 e. The smallest absolute Gasteiger partial charge is 0.241 e. The zero-order chi connectivity index (χ0) is 16.4. The standard InChI is InChI=1S/C16H18BrNO3S/c1-16(2,12-4-6-13(17)7-5-12)18-22(19,20)15-10-8-14(21-3)9-11-15/h4-11,18H,1-3H3. The normalized spacial score (nSPS) is 12.2. The van der Waals surface area contributed by atoms with Gasteiger partial charge in [0, 0.05) is 4.47 Å². The van der Waals surface area contributed by atoms with Crippen molar-refractivity contribution in [1.29, 1.82) is 0 Å². The Balaban J connectivity index is 2.27. The molecule has 22 heavy (non-hydrogen) atoms. The van der Waals surface area contributed by atoms with Gasteiger partial charge in [-0.2, -0.15) is 0 Å². The van der Waals surface area contributed by atoms with Crippen LogP contribution in [0.2, 0.25) is 0 Å². The zero-order valence-corrected chi connectivity index (χ0v) is 15.0. The molecule has 0 spiro atoms. The first-order valence-corrected chi connectivity index (χ1v) is 8.96. The first-order chi connectivity index (χ1) is 10.2. The first-order valence-electron chi connectivity index (χ1n) is 6.69. The Kier molecular flexibility index (Phi) is 4.94. The summed E-state index contributed by atoms with van der Waals surface area (Å²) in [6.45, 7) is 3.66. The molecule has 118 valence electrons. The van der Waals surface area contributed by atoms with Crippen LogP contribution in [0.15, 0.2) is 57.9 Å². The lowest BCUT2D eigenvalue weighted by Crippen LogP contribution is -2.40. The molecule has 0 heterocycles. The van der Waals surface area contributed by atoms with E-state index in [1.165, 1.54) is 12.1 Å². The predicted octanol–water partition coefficient (Wildman–Crippen LogP) is 3.67. The lowest BCUT2D eigenvalue weighted by molar-refractivity contribution is 0.414. The molecule has 0 saturated carbocycles. The average molecular weight is 384 g/mol. The first kappa shape index (κ1) is 17.0. The van der Waals surface area contributed by atoms with Crippen LogP contribution in [0.3, 0.4) is 0 Å². The molecule has 0 unspecified atom stereocenters. The topological polar surface area (TPSA) is 55.4 Å². The summed E-state index contributed by atoms with van der Waals surface area (Å²) in [5.74, 6) is 0.617. The highest BCUT2D eigenvalue weighted by molar-refractivity contribution is 9.10. The molecule has 1 N–H and O–H groups in total. The van der Waals surface area contributed by atoms with Gasteiger partial charge in [-0.1, -0.05) is 28.1 Å². The molecule has 0 aliphatic rings. The molecule has 2 aromatic carbocycles. The third kappa shape index (κ3) is 3.88. The van der Waals surface area contributed by atoms with Crippen molar-refractivity contribution in [3.63, 3.8) is 0 Å². The van der Waals surface area contributed by atoms with Crippen LogP contribution in [-0.4, -0.2) is 15.5 Å². The number of ether oxygens (including phenoxy) is 1. The van der Waals surface area contributed by atoms with Gasteiger partial charge in [0.15, 0.2) is 0 Å². The number of rotatable bonds is 5. The maximum Gasteiger partial charge on any atom is 0.241 e. The van der Waals surface area contributed by atoms with E-state index in [2.05, 4.69) is 20.7 Å². The van der Waals surface area contributed by atoms with Crippen molar-refractivity contribution in [3.05, 3.63) is 58.6 Å². The third-order valence-electron chi connectivity index (χ3n) is 3.33. The minimum atomic E-state index is -3.62. The Morgan fingerprint density at radius 1 is 1.00 bits per heavy atom. The molecule has 0 aromatic heterocycles. The van der Waals surface area contributed by atoms with E-state index >= 15 is 0 Å². The van der Waals surface area contributed by atoms with Crippen molar-refractivity contribution in [2.24, 2.45) is 0 Å². The van der Waals surface area contributed by atoms with Crippen LogP contribution in [0, 0.1) is 0 Å². The van der Waals surface area contributed by atoms with Crippen LogP contribution < -0.4 is 9.46 Å². The molecule has 0 fully saturated rings. The zero-order valence-electron chi connectivity index (χ0n) is 12.6. The van der Waals surface area contributed by atoms with E-state index in [1.807, 2.05) is 38.1 Å². The monoisotopic (exact) mass is 383 g/mol. The van der Waals surface area contributed by atoms with E-state index in [1.54, 1.807) is 19.2 Å². The van der Waals surface area contributed by atoms with E-state index in [4.69, 9.17) is 4.74 Å². The molecule has 0 aliphatic heterocycles. The Hall–Kier alpha value is -1.37. The molecule has 2 rings (SSSR count). The van der Waals surface area contributed by atoms with Crippen molar-refractivity contribution in [3.8, 4) is 5.75 Å². The van der Waals surface area contributed by atoms with Gasteiger partial charge in [-0.15, -0.1) is 0 Å². The van der Waals surface area contributed by atoms with Crippen molar-refractivity contribution >= 4 is 26.0 Å².